The van der Waals surface area contributed by atoms with Crippen LogP contribution in [-0.4, -0.2) is 34.0 Å². The van der Waals surface area contributed by atoms with Crippen LogP contribution in [0.25, 0.3) is 0 Å². The van der Waals surface area contributed by atoms with E-state index in [2.05, 4.69) is 10.1 Å². The van der Waals surface area contributed by atoms with Crippen LogP contribution in [0.3, 0.4) is 0 Å². The van der Waals surface area contributed by atoms with Crippen LogP contribution in [0.5, 0.6) is 5.88 Å². The van der Waals surface area contributed by atoms with Crippen LogP contribution < -0.4 is 9.64 Å². The van der Waals surface area contributed by atoms with Gasteiger partial charge >= 0.3 is 12.4 Å². The van der Waals surface area contributed by atoms with E-state index >= 15 is 0 Å². The highest BCUT2D eigenvalue weighted by Gasteiger charge is 2.37. The standard InChI is InChI=1S/C20H24F6N4O/c1-3-4-8-30-18(10-16(28-30)20(24,25)26)31-15-7-9-29(12-13(15)2)17-6-5-14(11-27-17)19(21,22)23/h5-6,10-11,13,15H,3-4,7-9,12H2,1-2H3/t13-,15-/m0/s1. The van der Waals surface area contributed by atoms with Gasteiger partial charge in [0.15, 0.2) is 5.69 Å². The number of unbranched alkanes of at least 4 members (excludes halogenated alkanes) is 1. The summed E-state index contributed by atoms with van der Waals surface area (Å²) in [7, 11) is 0. The van der Waals surface area contributed by atoms with E-state index in [-0.39, 0.29) is 17.9 Å². The van der Waals surface area contributed by atoms with Crippen LogP contribution >= 0.6 is 0 Å². The third-order valence-electron chi connectivity index (χ3n) is 5.25. The third-order valence-corrected chi connectivity index (χ3v) is 5.25. The van der Waals surface area contributed by atoms with Crippen LogP contribution in [0.4, 0.5) is 32.2 Å². The molecule has 0 amide bonds. The number of hydrogen-bond donors (Lipinski definition) is 0. The molecule has 0 radical (unpaired) electrons. The van der Waals surface area contributed by atoms with E-state index in [9.17, 15) is 26.3 Å². The second kappa shape index (κ2) is 8.96. The number of ether oxygens (including phenoxy) is 1. The minimum Gasteiger partial charge on any atom is -0.474 e. The Morgan fingerprint density at radius 1 is 1.13 bits per heavy atom. The topological polar surface area (TPSA) is 43.2 Å². The molecular weight excluding hydrogens is 426 g/mol. The molecule has 0 bridgehead atoms. The molecule has 11 heteroatoms. The number of aryl methyl sites for hydroxylation is 1. The van der Waals surface area contributed by atoms with Gasteiger partial charge in [-0.1, -0.05) is 20.3 Å². The number of alkyl halides is 6. The molecule has 1 fully saturated rings. The molecule has 0 aliphatic carbocycles. The summed E-state index contributed by atoms with van der Waals surface area (Å²) in [6.07, 6.45) is -6.59. The first-order chi connectivity index (χ1) is 14.5. The second-order valence-electron chi connectivity index (χ2n) is 7.71. The molecule has 3 rings (SSSR count). The van der Waals surface area contributed by atoms with Crippen molar-refractivity contribution in [3.8, 4) is 5.88 Å². The molecule has 0 spiro atoms. The Balaban J connectivity index is 1.68. The number of aromatic nitrogens is 3. The van der Waals surface area contributed by atoms with E-state index in [1.807, 2.05) is 18.7 Å². The molecule has 1 saturated heterocycles. The fourth-order valence-electron chi connectivity index (χ4n) is 3.50. The molecule has 31 heavy (non-hydrogen) atoms. The first-order valence-electron chi connectivity index (χ1n) is 10.1. The molecular formula is C20H24F6N4O. The van der Waals surface area contributed by atoms with Crippen molar-refractivity contribution in [2.24, 2.45) is 5.92 Å². The first-order valence-corrected chi connectivity index (χ1v) is 10.1. The van der Waals surface area contributed by atoms with E-state index in [1.54, 1.807) is 0 Å². The first kappa shape index (κ1) is 23.2. The molecule has 0 N–H and O–H groups in total. The van der Waals surface area contributed by atoms with Crippen molar-refractivity contribution >= 4 is 5.82 Å². The minimum atomic E-state index is -4.56. The van der Waals surface area contributed by atoms with E-state index in [4.69, 9.17) is 4.74 Å². The highest BCUT2D eigenvalue weighted by molar-refractivity contribution is 5.40. The van der Waals surface area contributed by atoms with Gasteiger partial charge in [0.1, 0.15) is 11.9 Å². The van der Waals surface area contributed by atoms with Crippen molar-refractivity contribution in [3.63, 3.8) is 0 Å². The lowest BCUT2D eigenvalue weighted by Gasteiger charge is -2.37. The average Bonchev–Trinajstić information content (AvgIpc) is 3.10. The van der Waals surface area contributed by atoms with Crippen LogP contribution in [0.1, 0.15) is 44.4 Å². The number of piperidine rings is 1. The number of anilines is 1. The Morgan fingerprint density at radius 2 is 1.87 bits per heavy atom. The maximum atomic E-state index is 13.1. The summed E-state index contributed by atoms with van der Waals surface area (Å²) < 4.78 is 84.6. The molecule has 2 aromatic heterocycles. The van der Waals surface area contributed by atoms with Gasteiger partial charge in [0, 0.05) is 44.2 Å². The lowest BCUT2D eigenvalue weighted by atomic mass is 9.96. The summed E-state index contributed by atoms with van der Waals surface area (Å²) in [5.41, 5.74) is -1.80. The minimum absolute atomic E-state index is 0.0818. The summed E-state index contributed by atoms with van der Waals surface area (Å²) in [6, 6.07) is 3.23. The van der Waals surface area contributed by atoms with Crippen LogP contribution in [0, 0.1) is 5.92 Å². The number of pyridine rings is 1. The summed E-state index contributed by atoms with van der Waals surface area (Å²) in [5, 5.41) is 3.65. The fraction of sp³-hybridized carbons (Fsp3) is 0.600. The van der Waals surface area contributed by atoms with Crippen LogP contribution in [0.2, 0.25) is 0 Å². The van der Waals surface area contributed by atoms with Crippen LogP contribution in [0.15, 0.2) is 24.4 Å². The Labute approximate surface area is 176 Å². The predicted octanol–water partition coefficient (Wildman–Crippen LogP) is 5.41. The number of nitrogens with zero attached hydrogens (tertiary/aromatic N) is 4. The predicted molar refractivity (Wildman–Crippen MR) is 102 cm³/mol. The zero-order valence-corrected chi connectivity index (χ0v) is 17.2. The maximum Gasteiger partial charge on any atom is 0.435 e. The Morgan fingerprint density at radius 3 is 2.42 bits per heavy atom. The van der Waals surface area contributed by atoms with Gasteiger partial charge in [-0.2, -0.15) is 31.4 Å². The molecule has 2 aromatic rings. The smallest absolute Gasteiger partial charge is 0.435 e. The number of halogens is 6. The zero-order chi connectivity index (χ0) is 22.8. The molecule has 5 nitrogen and oxygen atoms in total. The normalized spacial score (nSPS) is 20.2. The average molecular weight is 450 g/mol. The number of rotatable bonds is 6. The lowest BCUT2D eigenvalue weighted by Crippen LogP contribution is -2.45. The molecule has 3 heterocycles. The van der Waals surface area contributed by atoms with Crippen molar-refractivity contribution < 1.29 is 31.1 Å². The monoisotopic (exact) mass is 450 g/mol. The highest BCUT2D eigenvalue weighted by Crippen LogP contribution is 2.33. The SMILES string of the molecule is CCCCn1nc(C(F)(F)F)cc1O[C@H]1CCN(c2ccc(C(F)(F)F)cn2)C[C@@H]1C. The van der Waals surface area contributed by atoms with E-state index in [1.165, 1.54) is 10.7 Å². The third kappa shape index (κ3) is 5.62. The molecule has 2 atom stereocenters. The van der Waals surface area contributed by atoms with Crippen LogP contribution in [-0.2, 0) is 18.9 Å². The molecule has 172 valence electrons. The second-order valence-corrected chi connectivity index (χ2v) is 7.71. The highest BCUT2D eigenvalue weighted by atomic mass is 19.4. The van der Waals surface area contributed by atoms with Crippen molar-refractivity contribution in [3.05, 3.63) is 35.7 Å². The van der Waals surface area contributed by atoms with E-state index in [0.717, 1.165) is 24.8 Å². The Bertz CT molecular complexity index is 862. The van der Waals surface area contributed by atoms with Gasteiger partial charge in [-0.05, 0) is 18.6 Å². The van der Waals surface area contributed by atoms with Gasteiger partial charge in [0.25, 0.3) is 0 Å². The summed E-state index contributed by atoms with van der Waals surface area (Å²) in [4.78, 5) is 5.76. The molecule has 0 saturated carbocycles. The molecule has 0 aromatic carbocycles. The van der Waals surface area contributed by atoms with Crippen molar-refractivity contribution in [1.82, 2.24) is 14.8 Å². The van der Waals surface area contributed by atoms with E-state index < -0.39 is 23.6 Å². The van der Waals surface area contributed by atoms with Gasteiger partial charge in [-0.3, -0.25) is 0 Å². The van der Waals surface area contributed by atoms with Gasteiger partial charge in [-0.25, -0.2) is 9.67 Å². The fourth-order valence-corrected chi connectivity index (χ4v) is 3.50. The maximum absolute atomic E-state index is 13.1. The molecule has 1 aliphatic rings. The molecule has 0 unspecified atom stereocenters. The van der Waals surface area contributed by atoms with Crippen molar-refractivity contribution in [1.29, 1.82) is 0 Å². The van der Waals surface area contributed by atoms with Crippen molar-refractivity contribution in [2.45, 2.75) is 58.1 Å². The van der Waals surface area contributed by atoms with E-state index in [0.29, 0.717) is 38.3 Å². The van der Waals surface area contributed by atoms with Gasteiger partial charge in [0.05, 0.1) is 5.56 Å². The quantitative estimate of drug-likeness (QED) is 0.552. The largest absolute Gasteiger partial charge is 0.474 e. The Hall–Kier alpha value is -2.46. The van der Waals surface area contributed by atoms with Gasteiger partial charge < -0.3 is 9.64 Å². The summed E-state index contributed by atoms with van der Waals surface area (Å²) in [6.45, 7) is 5.06. The summed E-state index contributed by atoms with van der Waals surface area (Å²) >= 11 is 0. The van der Waals surface area contributed by atoms with Crippen molar-refractivity contribution in [2.75, 3.05) is 18.0 Å². The van der Waals surface area contributed by atoms with Gasteiger partial charge in [0.2, 0.25) is 5.88 Å². The summed E-state index contributed by atoms with van der Waals surface area (Å²) in [5.74, 6) is 0.422. The van der Waals surface area contributed by atoms with Gasteiger partial charge in [-0.15, -0.1) is 0 Å². The number of hydrogen-bond acceptors (Lipinski definition) is 4. The zero-order valence-electron chi connectivity index (χ0n) is 17.2. The molecule has 1 aliphatic heterocycles. The Kier molecular flexibility index (Phi) is 6.70. The lowest BCUT2D eigenvalue weighted by molar-refractivity contribution is -0.141.